The Kier molecular flexibility index (Phi) is 3.60. The summed E-state index contributed by atoms with van der Waals surface area (Å²) in [5.41, 5.74) is 3.97. The minimum atomic E-state index is 0.536. The van der Waals surface area contributed by atoms with Gasteiger partial charge in [-0.3, -0.25) is 9.88 Å². The highest BCUT2D eigenvalue weighted by atomic mass is 15.2. The standard InChI is InChI=1S/C17H20N2/c1-14-16(9-5-11-18-14)17-10-6-12-19(17)13-15-7-3-2-4-8-15/h2-5,7-9,11,17H,6,10,12-13H2,1H3/t17-/m1/s1. The van der Waals surface area contributed by atoms with E-state index in [0.717, 1.165) is 6.54 Å². The average molecular weight is 252 g/mol. The molecule has 0 bridgehead atoms. The van der Waals surface area contributed by atoms with E-state index in [-0.39, 0.29) is 0 Å². The largest absolute Gasteiger partial charge is 0.292 e. The van der Waals surface area contributed by atoms with Crippen molar-refractivity contribution >= 4 is 0 Å². The predicted octanol–water partition coefficient (Wildman–Crippen LogP) is 3.73. The molecule has 1 aliphatic rings. The van der Waals surface area contributed by atoms with Gasteiger partial charge in [0.15, 0.2) is 0 Å². The Balaban J connectivity index is 1.81. The monoisotopic (exact) mass is 252 g/mol. The van der Waals surface area contributed by atoms with Gasteiger partial charge in [-0.25, -0.2) is 0 Å². The summed E-state index contributed by atoms with van der Waals surface area (Å²) in [5, 5.41) is 0. The van der Waals surface area contributed by atoms with Crippen molar-refractivity contribution in [1.82, 2.24) is 9.88 Å². The van der Waals surface area contributed by atoms with Crippen molar-refractivity contribution in [2.45, 2.75) is 32.4 Å². The average Bonchev–Trinajstić information content (AvgIpc) is 2.88. The lowest BCUT2D eigenvalue weighted by atomic mass is 10.0. The van der Waals surface area contributed by atoms with Gasteiger partial charge < -0.3 is 0 Å². The van der Waals surface area contributed by atoms with Crippen LogP contribution in [0.1, 0.15) is 35.7 Å². The van der Waals surface area contributed by atoms with E-state index in [2.05, 4.69) is 59.3 Å². The smallest absolute Gasteiger partial charge is 0.0420 e. The van der Waals surface area contributed by atoms with Gasteiger partial charge in [-0.05, 0) is 43.5 Å². The summed E-state index contributed by atoms with van der Waals surface area (Å²) in [7, 11) is 0. The van der Waals surface area contributed by atoms with Gasteiger partial charge in [0.05, 0.1) is 0 Å². The van der Waals surface area contributed by atoms with Crippen LogP contribution >= 0.6 is 0 Å². The number of rotatable bonds is 3. The van der Waals surface area contributed by atoms with Crippen LogP contribution in [-0.4, -0.2) is 16.4 Å². The summed E-state index contributed by atoms with van der Waals surface area (Å²) >= 11 is 0. The number of hydrogen-bond acceptors (Lipinski definition) is 2. The van der Waals surface area contributed by atoms with Gasteiger partial charge in [-0.15, -0.1) is 0 Å². The van der Waals surface area contributed by atoms with Gasteiger partial charge in [0, 0.05) is 24.5 Å². The molecule has 1 saturated heterocycles. The van der Waals surface area contributed by atoms with Gasteiger partial charge in [0.25, 0.3) is 0 Å². The maximum atomic E-state index is 4.44. The van der Waals surface area contributed by atoms with Crippen LogP contribution in [0.25, 0.3) is 0 Å². The second kappa shape index (κ2) is 5.54. The molecule has 1 aromatic heterocycles. The van der Waals surface area contributed by atoms with Crippen LogP contribution in [0, 0.1) is 6.92 Å². The number of nitrogens with zero attached hydrogens (tertiary/aromatic N) is 2. The molecule has 98 valence electrons. The number of likely N-dealkylation sites (tertiary alicyclic amines) is 1. The van der Waals surface area contributed by atoms with Crippen LogP contribution in [0.4, 0.5) is 0 Å². The molecular formula is C17H20N2. The van der Waals surface area contributed by atoms with Gasteiger partial charge in [0.1, 0.15) is 0 Å². The van der Waals surface area contributed by atoms with Gasteiger partial charge >= 0.3 is 0 Å². The van der Waals surface area contributed by atoms with Crippen LogP contribution in [-0.2, 0) is 6.54 Å². The molecule has 0 N–H and O–H groups in total. The molecule has 1 fully saturated rings. The molecule has 19 heavy (non-hydrogen) atoms. The summed E-state index contributed by atoms with van der Waals surface area (Å²) in [6.07, 6.45) is 4.42. The highest BCUT2D eigenvalue weighted by molar-refractivity contribution is 5.24. The van der Waals surface area contributed by atoms with E-state index in [1.807, 2.05) is 6.20 Å². The molecule has 2 heterocycles. The third-order valence-electron chi connectivity index (χ3n) is 4.00. The maximum Gasteiger partial charge on any atom is 0.0420 e. The Hall–Kier alpha value is -1.67. The van der Waals surface area contributed by atoms with Gasteiger partial charge in [0.2, 0.25) is 0 Å². The molecule has 0 amide bonds. The lowest BCUT2D eigenvalue weighted by molar-refractivity contribution is 0.247. The van der Waals surface area contributed by atoms with E-state index >= 15 is 0 Å². The van der Waals surface area contributed by atoms with Crippen LogP contribution in [0.3, 0.4) is 0 Å². The zero-order chi connectivity index (χ0) is 13.1. The van der Waals surface area contributed by atoms with Crippen molar-refractivity contribution in [3.05, 3.63) is 65.5 Å². The highest BCUT2D eigenvalue weighted by Crippen LogP contribution is 2.34. The second-order valence-corrected chi connectivity index (χ2v) is 5.29. The quantitative estimate of drug-likeness (QED) is 0.827. The molecule has 0 aliphatic carbocycles. The number of aromatic nitrogens is 1. The molecule has 0 spiro atoms. The summed E-state index contributed by atoms with van der Waals surface area (Å²) < 4.78 is 0. The van der Waals surface area contributed by atoms with E-state index in [1.54, 1.807) is 0 Å². The van der Waals surface area contributed by atoms with E-state index in [0.29, 0.717) is 6.04 Å². The molecule has 1 atom stereocenters. The Morgan fingerprint density at radius 1 is 1.16 bits per heavy atom. The first kappa shape index (κ1) is 12.4. The third kappa shape index (κ3) is 2.69. The molecule has 1 aliphatic heterocycles. The fourth-order valence-corrected chi connectivity index (χ4v) is 3.03. The zero-order valence-corrected chi connectivity index (χ0v) is 11.4. The summed E-state index contributed by atoms with van der Waals surface area (Å²) in [5.74, 6) is 0. The topological polar surface area (TPSA) is 16.1 Å². The Morgan fingerprint density at radius 2 is 2.00 bits per heavy atom. The molecule has 0 radical (unpaired) electrons. The van der Waals surface area contributed by atoms with Crippen LogP contribution in [0.15, 0.2) is 48.7 Å². The number of pyridine rings is 1. The van der Waals surface area contributed by atoms with Crippen LogP contribution in [0.5, 0.6) is 0 Å². The number of aryl methyl sites for hydroxylation is 1. The first-order valence-corrected chi connectivity index (χ1v) is 7.04. The van der Waals surface area contributed by atoms with E-state index in [9.17, 15) is 0 Å². The van der Waals surface area contributed by atoms with Crippen LogP contribution < -0.4 is 0 Å². The second-order valence-electron chi connectivity index (χ2n) is 5.29. The minimum absolute atomic E-state index is 0.536. The van der Waals surface area contributed by atoms with E-state index < -0.39 is 0 Å². The zero-order valence-electron chi connectivity index (χ0n) is 11.4. The first-order chi connectivity index (χ1) is 9.34. The first-order valence-electron chi connectivity index (χ1n) is 7.04. The lowest BCUT2D eigenvalue weighted by Gasteiger charge is -2.25. The molecule has 0 saturated carbocycles. The molecular weight excluding hydrogens is 232 g/mol. The van der Waals surface area contributed by atoms with Crippen molar-refractivity contribution < 1.29 is 0 Å². The SMILES string of the molecule is Cc1ncccc1[C@H]1CCCN1Cc1ccccc1. The fourth-order valence-electron chi connectivity index (χ4n) is 3.03. The highest BCUT2D eigenvalue weighted by Gasteiger charge is 2.27. The fraction of sp³-hybridized carbons (Fsp3) is 0.353. The Morgan fingerprint density at radius 3 is 2.79 bits per heavy atom. The van der Waals surface area contributed by atoms with Crippen molar-refractivity contribution in [2.75, 3.05) is 6.54 Å². The molecule has 2 nitrogen and oxygen atoms in total. The lowest BCUT2D eigenvalue weighted by Crippen LogP contribution is -2.23. The van der Waals surface area contributed by atoms with Gasteiger partial charge in [-0.2, -0.15) is 0 Å². The Bertz CT molecular complexity index is 536. The molecule has 1 aromatic carbocycles. The van der Waals surface area contributed by atoms with Crippen molar-refractivity contribution in [2.24, 2.45) is 0 Å². The number of hydrogen-bond donors (Lipinski definition) is 0. The van der Waals surface area contributed by atoms with Crippen molar-refractivity contribution in [3.8, 4) is 0 Å². The normalized spacial score (nSPS) is 19.7. The maximum absolute atomic E-state index is 4.44. The van der Waals surface area contributed by atoms with Crippen LogP contribution in [0.2, 0.25) is 0 Å². The van der Waals surface area contributed by atoms with E-state index in [1.165, 1.54) is 36.2 Å². The Labute approximate surface area is 115 Å². The van der Waals surface area contributed by atoms with Gasteiger partial charge in [-0.1, -0.05) is 36.4 Å². The molecule has 0 unspecified atom stereocenters. The third-order valence-corrected chi connectivity index (χ3v) is 4.00. The number of benzene rings is 1. The summed E-state index contributed by atoms with van der Waals surface area (Å²) in [6.45, 7) is 4.35. The molecule has 2 heteroatoms. The van der Waals surface area contributed by atoms with E-state index in [4.69, 9.17) is 0 Å². The summed E-state index contributed by atoms with van der Waals surface area (Å²) in [4.78, 5) is 7.02. The summed E-state index contributed by atoms with van der Waals surface area (Å²) in [6, 6.07) is 15.6. The van der Waals surface area contributed by atoms with Crippen molar-refractivity contribution in [3.63, 3.8) is 0 Å². The van der Waals surface area contributed by atoms with Crippen molar-refractivity contribution in [1.29, 1.82) is 0 Å². The molecule has 3 rings (SSSR count). The minimum Gasteiger partial charge on any atom is -0.292 e. The predicted molar refractivity (Wildman–Crippen MR) is 77.8 cm³/mol. The molecule has 2 aromatic rings.